The third-order valence-electron chi connectivity index (χ3n) is 4.19. The monoisotopic (exact) mass is 419 g/mol. The zero-order valence-electron chi connectivity index (χ0n) is 15.8. The minimum Gasteiger partial charge on any atom is -0.497 e. The summed E-state index contributed by atoms with van der Waals surface area (Å²) in [7, 11) is 5.63. The Morgan fingerprint density at radius 3 is 2.65 bits per heavy atom. The fraction of sp³-hybridized carbons (Fsp3) is 0.381. The van der Waals surface area contributed by atoms with Crippen LogP contribution in [0.2, 0.25) is 0 Å². The second kappa shape index (κ2) is 9.74. The Labute approximate surface area is 164 Å². The van der Waals surface area contributed by atoms with E-state index in [2.05, 4.69) is 22.9 Å². The lowest BCUT2D eigenvalue weighted by atomic mass is 9.93. The van der Waals surface area contributed by atoms with Crippen molar-refractivity contribution in [3.05, 3.63) is 58.1 Å². The Morgan fingerprint density at radius 2 is 1.96 bits per heavy atom. The van der Waals surface area contributed by atoms with E-state index in [4.69, 9.17) is 9.47 Å². The van der Waals surface area contributed by atoms with E-state index in [-0.39, 0.29) is 11.7 Å². The standard InChI is InChI=1S/C21H26BrNO3/c1-15(16-6-5-7-18(13-16)25-4)12-20(24)19-9-8-17(22)14-21(19)26-11-10-23(2)3/h5-9,13-15H,10-12H2,1-4H3/t15-/m0/s1. The quantitative estimate of drug-likeness (QED) is 0.548. The lowest BCUT2D eigenvalue weighted by molar-refractivity contribution is 0.0971. The summed E-state index contributed by atoms with van der Waals surface area (Å²) in [5.74, 6) is 1.60. The molecule has 0 saturated carbocycles. The zero-order valence-corrected chi connectivity index (χ0v) is 17.4. The number of hydrogen-bond donors (Lipinski definition) is 0. The summed E-state index contributed by atoms with van der Waals surface area (Å²) in [5, 5.41) is 0. The van der Waals surface area contributed by atoms with Gasteiger partial charge in [0.25, 0.3) is 0 Å². The first-order valence-electron chi connectivity index (χ1n) is 8.65. The molecule has 0 spiro atoms. The van der Waals surface area contributed by atoms with Crippen molar-refractivity contribution in [2.45, 2.75) is 19.3 Å². The molecule has 0 aromatic heterocycles. The molecule has 2 rings (SSSR count). The van der Waals surface area contributed by atoms with Crippen molar-refractivity contribution in [2.24, 2.45) is 0 Å². The average molecular weight is 420 g/mol. The molecule has 0 heterocycles. The molecule has 140 valence electrons. The second-order valence-electron chi connectivity index (χ2n) is 6.60. The molecule has 2 aromatic rings. The highest BCUT2D eigenvalue weighted by molar-refractivity contribution is 9.10. The highest BCUT2D eigenvalue weighted by atomic mass is 79.9. The summed E-state index contributed by atoms with van der Waals surface area (Å²) < 4.78 is 12.0. The molecular weight excluding hydrogens is 394 g/mol. The van der Waals surface area contributed by atoms with Gasteiger partial charge < -0.3 is 14.4 Å². The van der Waals surface area contributed by atoms with E-state index in [9.17, 15) is 4.79 Å². The normalized spacial score (nSPS) is 12.1. The van der Waals surface area contributed by atoms with Crippen LogP contribution < -0.4 is 9.47 Å². The van der Waals surface area contributed by atoms with Gasteiger partial charge in [0.1, 0.15) is 18.1 Å². The molecule has 0 radical (unpaired) electrons. The molecule has 26 heavy (non-hydrogen) atoms. The predicted molar refractivity (Wildman–Crippen MR) is 109 cm³/mol. The van der Waals surface area contributed by atoms with Gasteiger partial charge in [-0.1, -0.05) is 35.0 Å². The van der Waals surface area contributed by atoms with Gasteiger partial charge in [-0.25, -0.2) is 0 Å². The summed E-state index contributed by atoms with van der Waals surface area (Å²) in [6, 6.07) is 13.4. The van der Waals surface area contributed by atoms with E-state index in [0.29, 0.717) is 24.3 Å². The number of carbonyl (C=O) groups is 1. The summed E-state index contributed by atoms with van der Waals surface area (Å²) in [4.78, 5) is 14.9. The maximum Gasteiger partial charge on any atom is 0.167 e. The maximum absolute atomic E-state index is 12.9. The zero-order chi connectivity index (χ0) is 19.1. The molecule has 0 aliphatic rings. The van der Waals surface area contributed by atoms with Crippen molar-refractivity contribution in [2.75, 3.05) is 34.4 Å². The molecule has 2 aromatic carbocycles. The van der Waals surface area contributed by atoms with Gasteiger partial charge in [-0.3, -0.25) is 4.79 Å². The smallest absolute Gasteiger partial charge is 0.167 e. The van der Waals surface area contributed by atoms with Crippen LogP contribution in [0, 0.1) is 0 Å². The van der Waals surface area contributed by atoms with Crippen molar-refractivity contribution in [1.82, 2.24) is 4.90 Å². The third-order valence-corrected chi connectivity index (χ3v) is 4.69. The molecule has 5 heteroatoms. The highest BCUT2D eigenvalue weighted by Gasteiger charge is 2.18. The van der Waals surface area contributed by atoms with Crippen LogP contribution in [-0.4, -0.2) is 45.0 Å². The van der Waals surface area contributed by atoms with Crippen LogP contribution in [0.1, 0.15) is 35.2 Å². The molecule has 0 aliphatic heterocycles. The van der Waals surface area contributed by atoms with Crippen LogP contribution in [0.5, 0.6) is 11.5 Å². The van der Waals surface area contributed by atoms with Crippen LogP contribution in [0.4, 0.5) is 0 Å². The van der Waals surface area contributed by atoms with Crippen LogP contribution in [-0.2, 0) is 0 Å². The van der Waals surface area contributed by atoms with Crippen molar-refractivity contribution < 1.29 is 14.3 Å². The summed E-state index contributed by atoms with van der Waals surface area (Å²) in [6.07, 6.45) is 0.416. The number of hydrogen-bond acceptors (Lipinski definition) is 4. The minimum atomic E-state index is 0.0765. The van der Waals surface area contributed by atoms with E-state index < -0.39 is 0 Å². The van der Waals surface area contributed by atoms with Crippen LogP contribution in [0.15, 0.2) is 46.9 Å². The molecule has 0 fully saturated rings. The second-order valence-corrected chi connectivity index (χ2v) is 7.51. The van der Waals surface area contributed by atoms with Crippen LogP contribution in [0.25, 0.3) is 0 Å². The number of ether oxygens (including phenoxy) is 2. The van der Waals surface area contributed by atoms with Crippen molar-refractivity contribution in [1.29, 1.82) is 0 Å². The minimum absolute atomic E-state index is 0.0765. The van der Waals surface area contributed by atoms with Crippen molar-refractivity contribution in [3.8, 4) is 11.5 Å². The Balaban J connectivity index is 2.12. The SMILES string of the molecule is COc1cccc([C@@H](C)CC(=O)c2ccc(Br)cc2OCCN(C)C)c1. The third kappa shape index (κ3) is 5.85. The molecule has 1 atom stereocenters. The number of rotatable bonds is 9. The van der Waals surface area contributed by atoms with Gasteiger partial charge in [-0.15, -0.1) is 0 Å². The molecule has 0 saturated heterocycles. The Hall–Kier alpha value is -1.85. The van der Waals surface area contributed by atoms with Gasteiger partial charge in [-0.2, -0.15) is 0 Å². The topological polar surface area (TPSA) is 38.8 Å². The fourth-order valence-electron chi connectivity index (χ4n) is 2.64. The number of Topliss-reactive ketones (excluding diaryl/α,β-unsaturated/α-hetero) is 1. The van der Waals surface area contributed by atoms with E-state index in [1.807, 2.05) is 61.5 Å². The van der Waals surface area contributed by atoms with Gasteiger partial charge in [0.2, 0.25) is 0 Å². The lowest BCUT2D eigenvalue weighted by Gasteiger charge is -2.16. The highest BCUT2D eigenvalue weighted by Crippen LogP contribution is 2.29. The first kappa shape index (κ1) is 20.5. The van der Waals surface area contributed by atoms with Crippen LogP contribution in [0.3, 0.4) is 0 Å². The van der Waals surface area contributed by atoms with Crippen LogP contribution >= 0.6 is 15.9 Å². The summed E-state index contributed by atoms with van der Waals surface area (Å²) in [6.45, 7) is 3.38. The van der Waals surface area contributed by atoms with E-state index in [1.165, 1.54) is 0 Å². The van der Waals surface area contributed by atoms with E-state index in [1.54, 1.807) is 7.11 Å². The molecule has 4 nitrogen and oxygen atoms in total. The number of carbonyl (C=O) groups excluding carboxylic acids is 1. The first-order chi connectivity index (χ1) is 12.4. The van der Waals surface area contributed by atoms with Gasteiger partial charge in [0, 0.05) is 17.4 Å². The number of methoxy groups -OCH3 is 1. The van der Waals surface area contributed by atoms with Gasteiger partial charge in [-0.05, 0) is 55.9 Å². The Morgan fingerprint density at radius 1 is 1.19 bits per heavy atom. The Bertz CT molecular complexity index is 746. The molecular formula is C21H26BrNO3. The van der Waals surface area contributed by atoms with Gasteiger partial charge >= 0.3 is 0 Å². The summed E-state index contributed by atoms with van der Waals surface area (Å²) >= 11 is 3.45. The average Bonchev–Trinajstić information content (AvgIpc) is 2.61. The van der Waals surface area contributed by atoms with E-state index in [0.717, 1.165) is 22.3 Å². The number of halogens is 1. The number of benzene rings is 2. The maximum atomic E-state index is 12.9. The Kier molecular flexibility index (Phi) is 7.66. The number of ketones is 1. The lowest BCUT2D eigenvalue weighted by Crippen LogP contribution is -2.20. The molecule has 0 aliphatic carbocycles. The molecule has 0 unspecified atom stereocenters. The first-order valence-corrected chi connectivity index (χ1v) is 9.44. The fourth-order valence-corrected chi connectivity index (χ4v) is 2.98. The predicted octanol–water partition coefficient (Wildman–Crippen LogP) is 4.77. The summed E-state index contributed by atoms with van der Waals surface area (Å²) in [5.41, 5.74) is 1.71. The molecule has 0 N–H and O–H groups in total. The molecule has 0 bridgehead atoms. The van der Waals surface area contributed by atoms with Gasteiger partial charge in [0.05, 0.1) is 12.7 Å². The van der Waals surface area contributed by atoms with Gasteiger partial charge in [0.15, 0.2) is 5.78 Å². The molecule has 0 amide bonds. The largest absolute Gasteiger partial charge is 0.497 e. The van der Waals surface area contributed by atoms with E-state index >= 15 is 0 Å². The number of likely N-dealkylation sites (N-methyl/N-ethyl adjacent to an activating group) is 1. The van der Waals surface area contributed by atoms with Crippen molar-refractivity contribution in [3.63, 3.8) is 0 Å². The number of nitrogens with zero attached hydrogens (tertiary/aromatic N) is 1. The van der Waals surface area contributed by atoms with Crippen molar-refractivity contribution >= 4 is 21.7 Å².